The maximum atomic E-state index is 13.2. The van der Waals surface area contributed by atoms with E-state index in [4.69, 9.17) is 0 Å². The van der Waals surface area contributed by atoms with Crippen molar-refractivity contribution in [3.8, 4) is 0 Å². The van der Waals surface area contributed by atoms with Crippen molar-refractivity contribution < 1.29 is 13.2 Å². The van der Waals surface area contributed by atoms with Gasteiger partial charge < -0.3 is 4.90 Å². The van der Waals surface area contributed by atoms with Crippen molar-refractivity contribution in [2.24, 2.45) is 0 Å². The van der Waals surface area contributed by atoms with Gasteiger partial charge >= 0.3 is 0 Å². The monoisotopic (exact) mass is 464 g/mol. The molecule has 4 rings (SSSR count). The minimum atomic E-state index is -3.71. The zero-order valence-electron chi connectivity index (χ0n) is 18.7. The van der Waals surface area contributed by atoms with E-state index in [2.05, 4.69) is 9.88 Å². The number of benzene rings is 2. The van der Waals surface area contributed by atoms with Crippen LogP contribution in [0.15, 0.2) is 83.9 Å². The van der Waals surface area contributed by atoms with Gasteiger partial charge in [-0.15, -0.1) is 0 Å². The van der Waals surface area contributed by atoms with Crippen LogP contribution < -0.4 is 4.31 Å². The van der Waals surface area contributed by atoms with Crippen molar-refractivity contribution in [1.82, 2.24) is 14.8 Å². The lowest BCUT2D eigenvalue weighted by Gasteiger charge is -2.34. The van der Waals surface area contributed by atoms with Gasteiger partial charge in [0.2, 0.25) is 0 Å². The second-order valence-corrected chi connectivity index (χ2v) is 9.78. The SMILES string of the molecule is CCN(c1ccccc1)S(=O)(=O)c1ccc(C(=O)N2CCN(Cc3ccccn3)CC2)cc1. The first-order chi connectivity index (χ1) is 16.0. The van der Waals surface area contributed by atoms with E-state index in [0.717, 1.165) is 25.3 Å². The summed E-state index contributed by atoms with van der Waals surface area (Å²) in [5.74, 6) is -0.0770. The number of anilines is 1. The lowest BCUT2D eigenvalue weighted by Crippen LogP contribution is -2.48. The normalized spacial score (nSPS) is 14.8. The zero-order valence-corrected chi connectivity index (χ0v) is 19.5. The van der Waals surface area contributed by atoms with Crippen LogP contribution in [0.2, 0.25) is 0 Å². The molecule has 1 saturated heterocycles. The first kappa shape index (κ1) is 22.9. The molecule has 2 heterocycles. The Morgan fingerprint density at radius 1 is 0.909 bits per heavy atom. The molecule has 0 saturated carbocycles. The van der Waals surface area contributed by atoms with Gasteiger partial charge in [0.25, 0.3) is 15.9 Å². The predicted molar refractivity (Wildman–Crippen MR) is 129 cm³/mol. The van der Waals surface area contributed by atoms with Crippen molar-refractivity contribution in [3.63, 3.8) is 0 Å². The summed E-state index contributed by atoms with van der Waals surface area (Å²) in [5.41, 5.74) is 2.13. The maximum absolute atomic E-state index is 13.2. The van der Waals surface area contributed by atoms with Crippen molar-refractivity contribution in [2.75, 3.05) is 37.0 Å². The second-order valence-electron chi connectivity index (χ2n) is 7.92. The fourth-order valence-corrected chi connectivity index (χ4v) is 5.47. The zero-order chi connectivity index (χ0) is 23.3. The van der Waals surface area contributed by atoms with Gasteiger partial charge in [-0.3, -0.25) is 19.0 Å². The summed E-state index contributed by atoms with van der Waals surface area (Å²) in [4.78, 5) is 21.6. The summed E-state index contributed by atoms with van der Waals surface area (Å²) >= 11 is 0. The molecular formula is C25H28N4O3S. The van der Waals surface area contributed by atoms with Crippen molar-refractivity contribution in [3.05, 3.63) is 90.3 Å². The number of carbonyl (C=O) groups excluding carboxylic acids is 1. The van der Waals surface area contributed by atoms with E-state index in [9.17, 15) is 13.2 Å². The molecule has 2 aromatic carbocycles. The average molecular weight is 465 g/mol. The van der Waals surface area contributed by atoms with Gasteiger partial charge in [-0.2, -0.15) is 0 Å². The third kappa shape index (κ3) is 5.23. The fraction of sp³-hybridized carbons (Fsp3) is 0.280. The molecule has 7 nitrogen and oxygen atoms in total. The number of pyridine rings is 1. The standard InChI is InChI=1S/C25H28N4O3S/c1-2-29(23-9-4-3-5-10-23)33(31,32)24-13-11-21(12-14-24)25(30)28-18-16-27(17-19-28)20-22-8-6-7-15-26-22/h3-15H,2,16-20H2,1H3. The summed E-state index contributed by atoms with van der Waals surface area (Å²) in [5, 5.41) is 0. The summed E-state index contributed by atoms with van der Waals surface area (Å²) in [7, 11) is -3.71. The van der Waals surface area contributed by atoms with E-state index in [-0.39, 0.29) is 10.8 Å². The molecule has 1 aliphatic heterocycles. The van der Waals surface area contributed by atoms with Crippen LogP contribution in [-0.4, -0.2) is 61.8 Å². The molecule has 1 amide bonds. The first-order valence-electron chi connectivity index (χ1n) is 11.1. The van der Waals surface area contributed by atoms with E-state index < -0.39 is 10.0 Å². The molecule has 0 atom stereocenters. The molecule has 1 aromatic heterocycles. The average Bonchev–Trinajstić information content (AvgIpc) is 2.86. The Bertz CT molecular complexity index is 1160. The van der Waals surface area contributed by atoms with Crippen LogP contribution >= 0.6 is 0 Å². The minimum Gasteiger partial charge on any atom is -0.336 e. The molecule has 172 valence electrons. The smallest absolute Gasteiger partial charge is 0.264 e. The van der Waals surface area contributed by atoms with Gasteiger partial charge in [0.15, 0.2) is 0 Å². The molecule has 8 heteroatoms. The van der Waals surface area contributed by atoms with Gasteiger partial charge in [-0.05, 0) is 55.5 Å². The Kier molecular flexibility index (Phi) is 7.05. The molecule has 0 N–H and O–H groups in total. The van der Waals surface area contributed by atoms with Gasteiger partial charge in [-0.25, -0.2) is 8.42 Å². The maximum Gasteiger partial charge on any atom is 0.264 e. The Hall–Kier alpha value is -3.23. The molecule has 0 bridgehead atoms. The van der Waals surface area contributed by atoms with Crippen molar-refractivity contribution in [2.45, 2.75) is 18.4 Å². The Balaban J connectivity index is 1.40. The van der Waals surface area contributed by atoms with Crippen LogP contribution in [0.4, 0.5) is 5.69 Å². The molecule has 0 spiro atoms. The highest BCUT2D eigenvalue weighted by atomic mass is 32.2. The highest BCUT2D eigenvalue weighted by Gasteiger charge is 2.25. The molecule has 0 unspecified atom stereocenters. The van der Waals surface area contributed by atoms with E-state index >= 15 is 0 Å². The number of carbonyl (C=O) groups is 1. The van der Waals surface area contributed by atoms with Crippen LogP contribution in [0.1, 0.15) is 23.0 Å². The van der Waals surface area contributed by atoms with Crippen LogP contribution in [-0.2, 0) is 16.6 Å². The number of aromatic nitrogens is 1. The number of piperazine rings is 1. The third-order valence-corrected chi connectivity index (χ3v) is 7.71. The molecule has 3 aromatic rings. The van der Waals surface area contributed by atoms with Gasteiger partial charge in [0.05, 0.1) is 16.3 Å². The Morgan fingerprint density at radius 2 is 1.58 bits per heavy atom. The summed E-state index contributed by atoms with van der Waals surface area (Å²) in [6.07, 6.45) is 1.79. The highest BCUT2D eigenvalue weighted by Crippen LogP contribution is 2.24. The van der Waals surface area contributed by atoms with Crippen molar-refractivity contribution in [1.29, 1.82) is 0 Å². The Labute approximate surface area is 195 Å². The Morgan fingerprint density at radius 3 is 2.18 bits per heavy atom. The lowest BCUT2D eigenvalue weighted by atomic mass is 10.2. The lowest BCUT2D eigenvalue weighted by molar-refractivity contribution is 0.0627. The largest absolute Gasteiger partial charge is 0.336 e. The third-order valence-electron chi connectivity index (χ3n) is 5.79. The molecule has 1 fully saturated rings. The topological polar surface area (TPSA) is 73.8 Å². The fourth-order valence-electron chi connectivity index (χ4n) is 3.99. The van der Waals surface area contributed by atoms with Crippen LogP contribution in [0.5, 0.6) is 0 Å². The number of nitrogens with zero attached hydrogens (tertiary/aromatic N) is 4. The van der Waals surface area contributed by atoms with Gasteiger partial charge in [-0.1, -0.05) is 24.3 Å². The summed E-state index contributed by atoms with van der Waals surface area (Å²) in [6, 6.07) is 21.1. The molecule has 33 heavy (non-hydrogen) atoms. The predicted octanol–water partition coefficient (Wildman–Crippen LogP) is 3.25. The van der Waals surface area contributed by atoms with Crippen LogP contribution in [0.3, 0.4) is 0 Å². The first-order valence-corrected chi connectivity index (χ1v) is 12.5. The summed E-state index contributed by atoms with van der Waals surface area (Å²) in [6.45, 7) is 5.69. The molecule has 0 aliphatic carbocycles. The van der Waals surface area contributed by atoms with E-state index in [1.165, 1.54) is 16.4 Å². The molecular weight excluding hydrogens is 436 g/mol. The number of hydrogen-bond acceptors (Lipinski definition) is 5. The summed E-state index contributed by atoms with van der Waals surface area (Å²) < 4.78 is 27.7. The van der Waals surface area contributed by atoms with Crippen LogP contribution in [0.25, 0.3) is 0 Å². The van der Waals surface area contributed by atoms with Gasteiger partial charge in [0.1, 0.15) is 0 Å². The van der Waals surface area contributed by atoms with Gasteiger partial charge in [0, 0.05) is 51.0 Å². The number of sulfonamides is 1. The highest BCUT2D eigenvalue weighted by molar-refractivity contribution is 7.92. The van der Waals surface area contributed by atoms with E-state index in [1.807, 2.05) is 41.3 Å². The van der Waals surface area contributed by atoms with E-state index in [1.54, 1.807) is 37.4 Å². The number of rotatable bonds is 7. The van der Waals surface area contributed by atoms with Crippen molar-refractivity contribution >= 4 is 21.6 Å². The van der Waals surface area contributed by atoms with Crippen LogP contribution in [0, 0.1) is 0 Å². The molecule has 1 aliphatic rings. The van der Waals surface area contributed by atoms with E-state index in [0.29, 0.717) is 30.9 Å². The minimum absolute atomic E-state index is 0.0770. The molecule has 0 radical (unpaired) electrons. The number of para-hydroxylation sites is 1. The number of hydrogen-bond donors (Lipinski definition) is 0. The quantitative estimate of drug-likeness (QED) is 0.537. The second kappa shape index (κ2) is 10.1. The number of amides is 1.